The lowest BCUT2D eigenvalue weighted by molar-refractivity contribution is 0.457. The maximum Gasteiger partial charge on any atom is 0.118 e. The van der Waals surface area contributed by atoms with Crippen LogP contribution in [-0.2, 0) is 23.1 Å². The van der Waals surface area contributed by atoms with E-state index in [0.29, 0.717) is 33.3 Å². The highest BCUT2D eigenvalue weighted by atomic mass is 35.5. The summed E-state index contributed by atoms with van der Waals surface area (Å²) in [6, 6.07) is 9.51. The molecule has 0 radical (unpaired) electrons. The second-order valence-electron chi connectivity index (χ2n) is 5.06. The summed E-state index contributed by atoms with van der Waals surface area (Å²) >= 11 is 12.1. The van der Waals surface area contributed by atoms with Crippen LogP contribution in [0.1, 0.15) is 24.4 Å². The van der Waals surface area contributed by atoms with E-state index in [9.17, 15) is 4.21 Å². The molecule has 1 aromatic heterocycles. The first kappa shape index (κ1) is 15.1. The van der Waals surface area contributed by atoms with Crippen molar-refractivity contribution >= 4 is 34.0 Å². The van der Waals surface area contributed by atoms with Gasteiger partial charge < -0.3 is 9.73 Å². The lowest BCUT2D eigenvalue weighted by atomic mass is 10.4. The molecule has 3 nitrogen and oxygen atoms in total. The molecule has 1 atom stereocenters. The maximum atomic E-state index is 12.4. The van der Waals surface area contributed by atoms with Gasteiger partial charge in [-0.05, 0) is 37.1 Å². The second-order valence-corrected chi connectivity index (χ2v) is 7.27. The molecular formula is C15H15Cl2NO2S. The quantitative estimate of drug-likeness (QED) is 0.856. The van der Waals surface area contributed by atoms with Crippen LogP contribution in [0.15, 0.2) is 39.6 Å². The van der Waals surface area contributed by atoms with Crippen molar-refractivity contribution in [1.82, 2.24) is 5.32 Å². The number of halogens is 2. The van der Waals surface area contributed by atoms with Crippen molar-refractivity contribution in [1.29, 1.82) is 0 Å². The summed E-state index contributed by atoms with van der Waals surface area (Å²) in [5.74, 6) is 1.81. The van der Waals surface area contributed by atoms with Crippen LogP contribution in [-0.4, -0.2) is 10.3 Å². The Morgan fingerprint density at radius 3 is 2.48 bits per heavy atom. The van der Waals surface area contributed by atoms with Gasteiger partial charge in [0, 0.05) is 6.04 Å². The van der Waals surface area contributed by atoms with Crippen molar-refractivity contribution in [2.24, 2.45) is 0 Å². The Bertz CT molecular complexity index is 647. The van der Waals surface area contributed by atoms with Crippen LogP contribution in [0.25, 0.3) is 0 Å². The zero-order valence-electron chi connectivity index (χ0n) is 11.3. The fraction of sp³-hybridized carbons (Fsp3) is 0.333. The minimum absolute atomic E-state index is 0.271. The van der Waals surface area contributed by atoms with E-state index in [0.717, 1.165) is 5.76 Å². The monoisotopic (exact) mass is 343 g/mol. The smallest absolute Gasteiger partial charge is 0.118 e. The van der Waals surface area contributed by atoms with Crippen LogP contribution in [0.4, 0.5) is 0 Å². The number of nitrogens with one attached hydrogen (secondary N) is 1. The third-order valence-corrected chi connectivity index (χ3v) is 5.58. The predicted octanol–water partition coefficient (Wildman–Crippen LogP) is 4.15. The molecule has 0 aliphatic heterocycles. The highest BCUT2D eigenvalue weighted by Gasteiger charge is 2.21. The third kappa shape index (κ3) is 3.89. The fourth-order valence-corrected chi connectivity index (χ4v) is 4.07. The van der Waals surface area contributed by atoms with Gasteiger partial charge in [-0.2, -0.15) is 0 Å². The van der Waals surface area contributed by atoms with Gasteiger partial charge in [0.25, 0.3) is 0 Å². The highest BCUT2D eigenvalue weighted by molar-refractivity contribution is 7.84. The summed E-state index contributed by atoms with van der Waals surface area (Å²) in [5, 5.41) is 4.22. The standard InChI is InChI=1S/C15H15Cl2NO2S/c16-13-2-1-3-14(17)15(13)21(19)9-12-7-6-11(20-12)8-18-10-4-5-10/h1-3,6-7,10,18H,4-5,8-9H2. The number of hydrogen-bond acceptors (Lipinski definition) is 3. The maximum absolute atomic E-state index is 12.4. The minimum atomic E-state index is -1.32. The van der Waals surface area contributed by atoms with E-state index in [2.05, 4.69) is 5.32 Å². The largest absolute Gasteiger partial charge is 0.464 e. The van der Waals surface area contributed by atoms with Gasteiger partial charge in [-0.25, -0.2) is 0 Å². The second kappa shape index (κ2) is 6.53. The molecule has 1 heterocycles. The Kier molecular flexibility index (Phi) is 4.69. The SMILES string of the molecule is O=S(Cc1ccc(CNC2CC2)o1)c1c(Cl)cccc1Cl. The molecule has 0 bridgehead atoms. The fourth-order valence-electron chi connectivity index (χ4n) is 2.03. The van der Waals surface area contributed by atoms with Crippen molar-refractivity contribution < 1.29 is 8.63 Å². The van der Waals surface area contributed by atoms with E-state index in [1.807, 2.05) is 12.1 Å². The van der Waals surface area contributed by atoms with E-state index in [1.54, 1.807) is 18.2 Å². The van der Waals surface area contributed by atoms with Crippen molar-refractivity contribution in [2.45, 2.75) is 36.1 Å². The summed E-state index contributed by atoms with van der Waals surface area (Å²) in [4.78, 5) is 0.467. The van der Waals surface area contributed by atoms with Crippen LogP contribution < -0.4 is 5.32 Å². The Morgan fingerprint density at radius 1 is 1.14 bits per heavy atom. The molecule has 6 heteroatoms. The van der Waals surface area contributed by atoms with E-state index < -0.39 is 10.8 Å². The first-order valence-corrected chi connectivity index (χ1v) is 8.84. The molecule has 0 saturated heterocycles. The number of rotatable bonds is 6. The Morgan fingerprint density at radius 2 is 1.81 bits per heavy atom. The number of benzene rings is 1. The van der Waals surface area contributed by atoms with Gasteiger partial charge in [-0.3, -0.25) is 4.21 Å². The van der Waals surface area contributed by atoms with Gasteiger partial charge in [0.2, 0.25) is 0 Å². The van der Waals surface area contributed by atoms with Crippen molar-refractivity contribution in [3.05, 3.63) is 51.9 Å². The van der Waals surface area contributed by atoms with E-state index >= 15 is 0 Å². The minimum Gasteiger partial charge on any atom is -0.464 e. The van der Waals surface area contributed by atoms with Gasteiger partial charge >= 0.3 is 0 Å². The van der Waals surface area contributed by atoms with E-state index in [1.165, 1.54) is 12.8 Å². The molecule has 1 aliphatic rings. The summed E-state index contributed by atoms with van der Waals surface area (Å²) in [6.45, 7) is 0.712. The molecule has 1 N–H and O–H groups in total. The molecule has 0 amide bonds. The molecule has 112 valence electrons. The highest BCUT2D eigenvalue weighted by Crippen LogP contribution is 2.29. The molecule has 1 saturated carbocycles. The first-order chi connectivity index (χ1) is 10.1. The summed E-state index contributed by atoms with van der Waals surface area (Å²) in [7, 11) is -1.32. The molecule has 1 fully saturated rings. The van der Waals surface area contributed by atoms with Gasteiger partial charge in [0.1, 0.15) is 11.5 Å². The molecular weight excluding hydrogens is 329 g/mol. The summed E-state index contributed by atoms with van der Waals surface area (Å²) in [5.41, 5.74) is 0. The van der Waals surface area contributed by atoms with Crippen LogP contribution in [0.3, 0.4) is 0 Å². The summed E-state index contributed by atoms with van der Waals surface area (Å²) in [6.07, 6.45) is 2.48. The lowest BCUT2D eigenvalue weighted by Gasteiger charge is -2.05. The molecule has 3 rings (SSSR count). The molecule has 1 aliphatic carbocycles. The predicted molar refractivity (Wildman–Crippen MR) is 85.1 cm³/mol. The Hall–Kier alpha value is -0.810. The number of hydrogen-bond donors (Lipinski definition) is 1. The lowest BCUT2D eigenvalue weighted by Crippen LogP contribution is -2.14. The van der Waals surface area contributed by atoms with Crippen molar-refractivity contribution in [3.8, 4) is 0 Å². The van der Waals surface area contributed by atoms with Crippen molar-refractivity contribution in [3.63, 3.8) is 0 Å². The van der Waals surface area contributed by atoms with Gasteiger partial charge in [-0.1, -0.05) is 29.3 Å². The topological polar surface area (TPSA) is 42.2 Å². The van der Waals surface area contributed by atoms with Crippen molar-refractivity contribution in [2.75, 3.05) is 0 Å². The Balaban J connectivity index is 1.66. The van der Waals surface area contributed by atoms with Crippen LogP contribution in [0.2, 0.25) is 10.0 Å². The van der Waals surface area contributed by atoms with Crippen LogP contribution >= 0.6 is 23.2 Å². The zero-order valence-corrected chi connectivity index (χ0v) is 13.6. The molecule has 0 spiro atoms. The first-order valence-electron chi connectivity index (χ1n) is 6.77. The van der Waals surface area contributed by atoms with Gasteiger partial charge in [0.05, 0.1) is 38.0 Å². The normalized spacial score (nSPS) is 16.1. The van der Waals surface area contributed by atoms with Gasteiger partial charge in [0.15, 0.2) is 0 Å². The summed E-state index contributed by atoms with van der Waals surface area (Å²) < 4.78 is 18.1. The van der Waals surface area contributed by atoms with E-state index in [-0.39, 0.29) is 5.75 Å². The third-order valence-electron chi connectivity index (χ3n) is 3.28. The Labute approximate surface area is 136 Å². The average molecular weight is 344 g/mol. The van der Waals surface area contributed by atoms with Gasteiger partial charge in [-0.15, -0.1) is 0 Å². The molecule has 21 heavy (non-hydrogen) atoms. The molecule has 1 unspecified atom stereocenters. The number of furan rings is 1. The van der Waals surface area contributed by atoms with Crippen LogP contribution in [0, 0.1) is 0 Å². The van der Waals surface area contributed by atoms with Crippen LogP contribution in [0.5, 0.6) is 0 Å². The zero-order chi connectivity index (χ0) is 14.8. The van der Waals surface area contributed by atoms with E-state index in [4.69, 9.17) is 27.6 Å². The average Bonchev–Trinajstić information content (AvgIpc) is 3.16. The molecule has 1 aromatic carbocycles. The molecule has 2 aromatic rings.